The fraction of sp³-hybridized carbons (Fsp3) is 0.226. The summed E-state index contributed by atoms with van der Waals surface area (Å²) in [6.45, 7) is 3.70. The Morgan fingerprint density at radius 2 is 1.73 bits per heavy atom. The number of likely N-dealkylation sites (N-methyl/N-ethyl adjacent to an activating group) is 1. The monoisotopic (exact) mass is 581 g/mol. The lowest BCUT2D eigenvalue weighted by Crippen LogP contribution is -2.36. The number of rotatable bonds is 9. The topological polar surface area (TPSA) is 77.7 Å². The summed E-state index contributed by atoms with van der Waals surface area (Å²) >= 11 is 12.4. The van der Waals surface area contributed by atoms with Gasteiger partial charge in [-0.1, -0.05) is 53.5 Å². The number of ether oxygens (including phenoxy) is 2. The van der Waals surface area contributed by atoms with Crippen LogP contribution < -0.4 is 15.2 Å². The molecule has 1 amide bonds. The van der Waals surface area contributed by atoms with Crippen LogP contribution in [0.4, 0.5) is 10.2 Å². The molecule has 1 heterocycles. The molecule has 0 radical (unpaired) electrons. The number of methoxy groups -OCH3 is 1. The molecule has 2 atom stereocenters. The maximum atomic E-state index is 14.0. The third kappa shape index (κ3) is 6.32. The van der Waals surface area contributed by atoms with Gasteiger partial charge < -0.3 is 20.1 Å². The van der Waals surface area contributed by atoms with Crippen LogP contribution in [0.1, 0.15) is 41.4 Å². The van der Waals surface area contributed by atoms with Crippen LogP contribution in [0.2, 0.25) is 10.0 Å². The van der Waals surface area contributed by atoms with Gasteiger partial charge in [0.25, 0.3) is 5.91 Å². The van der Waals surface area contributed by atoms with Gasteiger partial charge in [0.15, 0.2) is 11.6 Å². The molecular weight excluding hydrogens is 552 g/mol. The van der Waals surface area contributed by atoms with E-state index >= 15 is 0 Å². The predicted octanol–water partition coefficient (Wildman–Crippen LogP) is 7.63. The molecule has 4 rings (SSSR count). The number of hydrogen-bond acceptors (Lipinski definition) is 5. The number of pyridine rings is 1. The number of para-hydroxylation sites is 1. The van der Waals surface area contributed by atoms with E-state index in [4.69, 9.17) is 38.4 Å². The molecule has 0 aliphatic carbocycles. The number of nitrogens with zero attached hydrogens (tertiary/aromatic N) is 2. The maximum absolute atomic E-state index is 14.0. The van der Waals surface area contributed by atoms with Gasteiger partial charge in [0.05, 0.1) is 12.1 Å². The van der Waals surface area contributed by atoms with Gasteiger partial charge in [-0.3, -0.25) is 4.79 Å². The molecule has 0 spiro atoms. The van der Waals surface area contributed by atoms with Gasteiger partial charge in [0, 0.05) is 41.0 Å². The highest BCUT2D eigenvalue weighted by atomic mass is 35.5. The van der Waals surface area contributed by atoms with E-state index in [1.807, 2.05) is 43.3 Å². The zero-order chi connectivity index (χ0) is 29.0. The van der Waals surface area contributed by atoms with E-state index in [0.717, 1.165) is 22.4 Å². The average molecular weight is 583 g/mol. The van der Waals surface area contributed by atoms with Crippen molar-refractivity contribution >= 4 is 34.9 Å². The molecule has 6 nitrogen and oxygen atoms in total. The van der Waals surface area contributed by atoms with E-state index in [1.54, 1.807) is 50.4 Å². The number of carbonyl (C=O) groups is 1. The Morgan fingerprint density at radius 3 is 2.42 bits per heavy atom. The Labute approximate surface area is 243 Å². The number of hydrogen-bond donors (Lipinski definition) is 1. The molecule has 0 saturated heterocycles. The number of aromatic nitrogens is 1. The van der Waals surface area contributed by atoms with Crippen LogP contribution in [0, 0.1) is 5.82 Å². The number of anilines is 1. The van der Waals surface area contributed by atoms with Gasteiger partial charge in [-0.15, -0.1) is 0 Å². The van der Waals surface area contributed by atoms with Crippen LogP contribution >= 0.6 is 23.2 Å². The van der Waals surface area contributed by atoms with Crippen molar-refractivity contribution in [1.82, 2.24) is 9.88 Å². The Balaban J connectivity index is 1.49. The molecule has 208 valence electrons. The van der Waals surface area contributed by atoms with Crippen LogP contribution in [-0.2, 0) is 6.42 Å². The molecule has 1 aromatic heterocycles. The number of nitrogen functional groups attached to an aromatic ring is 1. The first-order valence-corrected chi connectivity index (χ1v) is 13.4. The molecule has 9 heteroatoms. The first-order chi connectivity index (χ1) is 19.1. The van der Waals surface area contributed by atoms with Gasteiger partial charge in [-0.2, -0.15) is 0 Å². The molecule has 40 heavy (non-hydrogen) atoms. The number of nitrogens with two attached hydrogens (primary N) is 1. The number of halogens is 3. The zero-order valence-corrected chi connectivity index (χ0v) is 24.1. The Bertz CT molecular complexity index is 1510. The predicted molar refractivity (Wildman–Crippen MR) is 158 cm³/mol. The summed E-state index contributed by atoms with van der Waals surface area (Å²) in [6, 6.07) is 19.3. The van der Waals surface area contributed by atoms with Gasteiger partial charge in [0.2, 0.25) is 0 Å². The van der Waals surface area contributed by atoms with E-state index in [9.17, 15) is 9.18 Å². The summed E-state index contributed by atoms with van der Waals surface area (Å²) in [7, 11) is 3.43. The molecule has 2 N–H and O–H groups in total. The molecule has 3 aromatic carbocycles. The van der Waals surface area contributed by atoms with Crippen molar-refractivity contribution in [2.45, 2.75) is 32.4 Å². The molecule has 0 saturated carbocycles. The first kappa shape index (κ1) is 29.2. The van der Waals surface area contributed by atoms with E-state index in [1.165, 1.54) is 12.1 Å². The quantitative estimate of drug-likeness (QED) is 0.205. The molecule has 0 aliphatic heterocycles. The molecule has 0 fully saturated rings. The van der Waals surface area contributed by atoms with Crippen LogP contribution in [0.25, 0.3) is 11.1 Å². The summed E-state index contributed by atoms with van der Waals surface area (Å²) in [5, 5.41) is 0.175. The Hall–Kier alpha value is -3.81. The maximum Gasteiger partial charge on any atom is 0.253 e. The highest BCUT2D eigenvalue weighted by molar-refractivity contribution is 6.36. The van der Waals surface area contributed by atoms with Crippen molar-refractivity contribution < 1.29 is 18.7 Å². The zero-order valence-electron chi connectivity index (χ0n) is 22.6. The second-order valence-electron chi connectivity index (χ2n) is 9.48. The Kier molecular flexibility index (Phi) is 9.17. The molecule has 0 unspecified atom stereocenters. The second kappa shape index (κ2) is 12.6. The van der Waals surface area contributed by atoms with Crippen molar-refractivity contribution in [3.63, 3.8) is 0 Å². The fourth-order valence-electron chi connectivity index (χ4n) is 4.41. The molecule has 4 aromatic rings. The Morgan fingerprint density at radius 1 is 1.02 bits per heavy atom. The standard InChI is InChI=1S/C31H30Cl2FN3O3/c1-18(15-22-7-5-6-8-26(22)39-4)37(3)31(38)21-11-9-20(10-12-21)23-16-27(30(35)36-17-23)40-19(2)28-24(32)13-14-25(34)29(28)33/h5-14,16-19H,15H2,1-4H3,(H2,35,36)/t18-,19-/m0/s1. The largest absolute Gasteiger partial charge is 0.496 e. The third-order valence-corrected chi connectivity index (χ3v) is 7.54. The SMILES string of the molecule is COc1ccccc1C[C@H](C)N(C)C(=O)c1ccc(-c2cnc(N)c(O[C@@H](C)c3c(Cl)ccc(F)c3Cl)c2)cc1. The third-order valence-electron chi connectivity index (χ3n) is 6.83. The van der Waals surface area contributed by atoms with Gasteiger partial charge in [-0.05, 0) is 67.8 Å². The molecule has 0 bridgehead atoms. The fourth-order valence-corrected chi connectivity index (χ4v) is 5.09. The van der Waals surface area contributed by atoms with E-state index in [0.29, 0.717) is 23.3 Å². The minimum absolute atomic E-state index is 0.0495. The number of carbonyl (C=O) groups excluding carboxylic acids is 1. The van der Waals surface area contributed by atoms with Gasteiger partial charge >= 0.3 is 0 Å². The molecule has 0 aliphatic rings. The van der Waals surface area contributed by atoms with Crippen LogP contribution in [0.15, 0.2) is 72.9 Å². The lowest BCUT2D eigenvalue weighted by molar-refractivity contribution is 0.0743. The minimum Gasteiger partial charge on any atom is -0.496 e. The minimum atomic E-state index is -0.691. The average Bonchev–Trinajstić information content (AvgIpc) is 2.96. The summed E-state index contributed by atoms with van der Waals surface area (Å²) in [5.41, 5.74) is 9.52. The normalized spacial score (nSPS) is 12.5. The van der Waals surface area contributed by atoms with Crippen molar-refractivity contribution in [3.05, 3.63) is 105 Å². The second-order valence-corrected chi connectivity index (χ2v) is 10.3. The lowest BCUT2D eigenvalue weighted by Gasteiger charge is -2.26. The molecular formula is C31H30Cl2FN3O3. The van der Waals surface area contributed by atoms with Crippen LogP contribution in [0.3, 0.4) is 0 Å². The van der Waals surface area contributed by atoms with E-state index in [2.05, 4.69) is 4.98 Å². The summed E-state index contributed by atoms with van der Waals surface area (Å²) < 4.78 is 25.5. The highest BCUT2D eigenvalue weighted by Gasteiger charge is 2.21. The van der Waals surface area contributed by atoms with Gasteiger partial charge in [-0.25, -0.2) is 9.37 Å². The van der Waals surface area contributed by atoms with Crippen LogP contribution in [0.5, 0.6) is 11.5 Å². The lowest BCUT2D eigenvalue weighted by atomic mass is 10.0. The van der Waals surface area contributed by atoms with Crippen molar-refractivity contribution in [3.8, 4) is 22.6 Å². The number of amides is 1. The highest BCUT2D eigenvalue weighted by Crippen LogP contribution is 2.37. The smallest absolute Gasteiger partial charge is 0.253 e. The van der Waals surface area contributed by atoms with Crippen molar-refractivity contribution in [2.75, 3.05) is 19.9 Å². The summed E-state index contributed by atoms with van der Waals surface area (Å²) in [6.07, 6.45) is 1.59. The van der Waals surface area contributed by atoms with E-state index in [-0.39, 0.29) is 27.8 Å². The van der Waals surface area contributed by atoms with Crippen LogP contribution in [-0.4, -0.2) is 36.0 Å². The van der Waals surface area contributed by atoms with Crippen molar-refractivity contribution in [1.29, 1.82) is 0 Å². The van der Waals surface area contributed by atoms with Crippen molar-refractivity contribution in [2.24, 2.45) is 0 Å². The van der Waals surface area contributed by atoms with E-state index < -0.39 is 11.9 Å². The van der Waals surface area contributed by atoms with Gasteiger partial charge in [0.1, 0.15) is 17.7 Å². The summed E-state index contributed by atoms with van der Waals surface area (Å²) in [4.78, 5) is 19.2. The summed E-state index contributed by atoms with van der Waals surface area (Å²) in [5.74, 6) is 0.580. The number of benzene rings is 3. The first-order valence-electron chi connectivity index (χ1n) is 12.7.